The maximum absolute atomic E-state index is 3.71. The first-order chi connectivity index (χ1) is 3.93. The zero-order chi connectivity index (χ0) is 5.82. The first-order valence-electron chi connectivity index (χ1n) is 2.79. The van der Waals surface area contributed by atoms with Crippen molar-refractivity contribution in [2.75, 3.05) is 11.5 Å². The summed E-state index contributed by atoms with van der Waals surface area (Å²) < 4.78 is 0. The lowest BCUT2D eigenvalue weighted by Gasteiger charge is -1.98. The van der Waals surface area contributed by atoms with Gasteiger partial charge in [-0.3, -0.25) is 0 Å². The van der Waals surface area contributed by atoms with E-state index in [4.69, 9.17) is 0 Å². The molecule has 1 aliphatic rings. The van der Waals surface area contributed by atoms with Gasteiger partial charge >= 0.3 is 0 Å². The average Bonchev–Trinajstić information content (AvgIpc) is 2.19. The summed E-state index contributed by atoms with van der Waals surface area (Å²) in [6.45, 7) is 3.71. The molecule has 0 unspecified atom stereocenters. The second-order valence-corrected chi connectivity index (χ2v) is 4.51. The maximum atomic E-state index is 3.71. The molecule has 0 nitrogen and oxygen atoms in total. The molecule has 0 aliphatic carbocycles. The Morgan fingerprint density at radius 2 is 2.12 bits per heavy atom. The summed E-state index contributed by atoms with van der Waals surface area (Å²) in [5.41, 5.74) is 0. The summed E-state index contributed by atoms with van der Waals surface area (Å²) in [4.78, 5) is 0. The fraction of sp³-hybridized carbons (Fsp3) is 0.667. The van der Waals surface area contributed by atoms with Gasteiger partial charge in [-0.15, -0.1) is 6.58 Å². The smallest absolute Gasteiger partial charge is 0.00764 e. The van der Waals surface area contributed by atoms with Gasteiger partial charge in [0.15, 0.2) is 0 Å². The first-order valence-corrected chi connectivity index (χ1v) is 5.27. The number of hydrogen-bond donors (Lipinski definition) is 0. The Balaban J connectivity index is 2.14. The molecule has 0 saturated carbocycles. The molecule has 0 amide bonds. The van der Waals surface area contributed by atoms with Crippen molar-refractivity contribution in [3.05, 3.63) is 12.7 Å². The summed E-state index contributed by atoms with van der Waals surface area (Å²) in [6, 6.07) is 0. The minimum absolute atomic E-state index is 0.919. The molecule has 0 aromatic heterocycles. The molecule has 1 fully saturated rings. The molecule has 0 aromatic rings. The van der Waals surface area contributed by atoms with Crippen molar-refractivity contribution in [2.45, 2.75) is 6.42 Å². The molecule has 8 heavy (non-hydrogen) atoms. The average molecular weight is 146 g/mol. The summed E-state index contributed by atoms with van der Waals surface area (Å²) in [5.74, 6) is 3.58. The molecule has 2 heteroatoms. The lowest BCUT2D eigenvalue weighted by atomic mass is 10.1. The molecule has 0 radical (unpaired) electrons. The van der Waals surface area contributed by atoms with Crippen LogP contribution in [0.3, 0.4) is 0 Å². The highest BCUT2D eigenvalue weighted by Crippen LogP contribution is 2.36. The summed E-state index contributed by atoms with van der Waals surface area (Å²) in [5, 5.41) is 0. The summed E-state index contributed by atoms with van der Waals surface area (Å²) >= 11 is 0. The van der Waals surface area contributed by atoms with Crippen molar-refractivity contribution < 1.29 is 0 Å². The molecule has 0 spiro atoms. The van der Waals surface area contributed by atoms with E-state index in [1.165, 1.54) is 17.9 Å². The molecular weight excluding hydrogens is 136 g/mol. The number of rotatable bonds is 2. The Bertz CT molecular complexity index is 74.6. The van der Waals surface area contributed by atoms with Crippen molar-refractivity contribution in [3.8, 4) is 0 Å². The summed E-state index contributed by atoms with van der Waals surface area (Å²) in [6.07, 6.45) is 3.23. The van der Waals surface area contributed by atoms with E-state index in [9.17, 15) is 0 Å². The minimum Gasteiger partial charge on any atom is -0.103 e. The van der Waals surface area contributed by atoms with Gasteiger partial charge in [0.25, 0.3) is 0 Å². The number of allylic oxidation sites excluding steroid dienone is 1. The predicted molar refractivity (Wildman–Crippen MR) is 43.2 cm³/mol. The van der Waals surface area contributed by atoms with Crippen LogP contribution in [0.2, 0.25) is 0 Å². The minimum atomic E-state index is 0.919. The Hall–Kier alpha value is 0.440. The fourth-order valence-electron chi connectivity index (χ4n) is 0.709. The van der Waals surface area contributed by atoms with Gasteiger partial charge in [0.1, 0.15) is 0 Å². The Morgan fingerprint density at radius 3 is 2.62 bits per heavy atom. The van der Waals surface area contributed by atoms with Crippen LogP contribution in [0.5, 0.6) is 0 Å². The molecule has 1 rings (SSSR count). The van der Waals surface area contributed by atoms with Crippen LogP contribution in [0, 0.1) is 5.92 Å². The van der Waals surface area contributed by atoms with Crippen LogP contribution in [0.15, 0.2) is 12.7 Å². The van der Waals surface area contributed by atoms with Crippen LogP contribution in [-0.2, 0) is 0 Å². The molecular formula is C6H10S2. The van der Waals surface area contributed by atoms with E-state index in [0.29, 0.717) is 0 Å². The van der Waals surface area contributed by atoms with Crippen molar-refractivity contribution >= 4 is 21.6 Å². The monoisotopic (exact) mass is 146 g/mol. The zero-order valence-corrected chi connectivity index (χ0v) is 6.43. The fourth-order valence-corrected chi connectivity index (χ4v) is 3.68. The van der Waals surface area contributed by atoms with E-state index in [-0.39, 0.29) is 0 Å². The largest absolute Gasteiger partial charge is 0.103 e. The topological polar surface area (TPSA) is 0 Å². The van der Waals surface area contributed by atoms with Crippen molar-refractivity contribution in [2.24, 2.45) is 5.92 Å². The van der Waals surface area contributed by atoms with E-state index in [1.807, 2.05) is 27.7 Å². The van der Waals surface area contributed by atoms with E-state index >= 15 is 0 Å². The van der Waals surface area contributed by atoms with Crippen molar-refractivity contribution in [3.63, 3.8) is 0 Å². The standard InChI is InChI=1S/C6H10S2/c1-2-3-6-4-7-8-5-6/h2,6H,1,3-5H2. The third-order valence-electron chi connectivity index (χ3n) is 1.19. The van der Waals surface area contributed by atoms with E-state index in [2.05, 4.69) is 6.58 Å². The highest BCUT2D eigenvalue weighted by molar-refractivity contribution is 8.77. The van der Waals surface area contributed by atoms with Crippen LogP contribution in [0.1, 0.15) is 6.42 Å². The van der Waals surface area contributed by atoms with Crippen molar-refractivity contribution in [1.29, 1.82) is 0 Å². The normalized spacial score (nSPS) is 21.5. The maximum Gasteiger partial charge on any atom is 0.00764 e. The number of hydrogen-bond acceptors (Lipinski definition) is 2. The predicted octanol–water partition coefficient (Wildman–Crippen LogP) is 2.57. The van der Waals surface area contributed by atoms with Crippen LogP contribution >= 0.6 is 21.6 Å². The van der Waals surface area contributed by atoms with Gasteiger partial charge in [-0.05, 0) is 12.3 Å². The Morgan fingerprint density at radius 1 is 1.50 bits per heavy atom. The second-order valence-electron chi connectivity index (χ2n) is 1.96. The van der Waals surface area contributed by atoms with Crippen LogP contribution < -0.4 is 0 Å². The Kier molecular flexibility index (Phi) is 2.84. The third-order valence-corrected chi connectivity index (χ3v) is 3.89. The molecule has 46 valence electrons. The molecule has 1 saturated heterocycles. The van der Waals surface area contributed by atoms with Gasteiger partial charge in [0.2, 0.25) is 0 Å². The Labute approximate surface area is 58.5 Å². The van der Waals surface area contributed by atoms with Crippen LogP contribution in [-0.4, -0.2) is 11.5 Å². The molecule has 0 bridgehead atoms. The third kappa shape index (κ3) is 1.75. The second kappa shape index (κ2) is 3.46. The van der Waals surface area contributed by atoms with E-state index in [0.717, 1.165) is 5.92 Å². The van der Waals surface area contributed by atoms with E-state index < -0.39 is 0 Å². The lowest BCUT2D eigenvalue weighted by molar-refractivity contribution is 0.697. The quantitative estimate of drug-likeness (QED) is 0.434. The van der Waals surface area contributed by atoms with Crippen LogP contribution in [0.4, 0.5) is 0 Å². The van der Waals surface area contributed by atoms with E-state index in [1.54, 1.807) is 0 Å². The van der Waals surface area contributed by atoms with Crippen molar-refractivity contribution in [1.82, 2.24) is 0 Å². The SMILES string of the molecule is C=CCC1CSSC1. The van der Waals surface area contributed by atoms with Gasteiger partial charge in [-0.2, -0.15) is 0 Å². The molecule has 0 atom stereocenters. The molecule has 1 heterocycles. The zero-order valence-electron chi connectivity index (χ0n) is 4.80. The molecule has 0 N–H and O–H groups in total. The summed E-state index contributed by atoms with van der Waals surface area (Å²) in [7, 11) is 3.98. The van der Waals surface area contributed by atoms with Gasteiger partial charge in [0, 0.05) is 11.5 Å². The highest BCUT2D eigenvalue weighted by atomic mass is 33.1. The van der Waals surface area contributed by atoms with Gasteiger partial charge in [0.05, 0.1) is 0 Å². The van der Waals surface area contributed by atoms with Gasteiger partial charge in [-0.25, -0.2) is 0 Å². The highest BCUT2D eigenvalue weighted by Gasteiger charge is 2.13. The first kappa shape index (κ1) is 6.56. The van der Waals surface area contributed by atoms with Crippen LogP contribution in [0.25, 0.3) is 0 Å². The van der Waals surface area contributed by atoms with Gasteiger partial charge < -0.3 is 0 Å². The van der Waals surface area contributed by atoms with Gasteiger partial charge in [-0.1, -0.05) is 27.7 Å². The molecule has 1 aliphatic heterocycles. The lowest BCUT2D eigenvalue weighted by Crippen LogP contribution is -1.97. The molecule has 0 aromatic carbocycles.